The first-order chi connectivity index (χ1) is 16.6. The number of benzene rings is 1. The molecular weight excluding hydrogens is 450 g/mol. The average molecular weight is 483 g/mol. The van der Waals surface area contributed by atoms with Gasteiger partial charge in [0.1, 0.15) is 11.6 Å². The summed E-state index contributed by atoms with van der Waals surface area (Å²) >= 11 is 0. The molecule has 186 valence electrons. The quantitative estimate of drug-likeness (QED) is 0.566. The van der Waals surface area contributed by atoms with Crippen LogP contribution in [0.3, 0.4) is 0 Å². The van der Waals surface area contributed by atoms with Crippen molar-refractivity contribution in [3.8, 4) is 0 Å². The van der Waals surface area contributed by atoms with Crippen molar-refractivity contribution in [3.05, 3.63) is 76.3 Å². The number of halogens is 2. The predicted molar refractivity (Wildman–Crippen MR) is 131 cm³/mol. The summed E-state index contributed by atoms with van der Waals surface area (Å²) in [6.45, 7) is 5.88. The van der Waals surface area contributed by atoms with E-state index in [2.05, 4.69) is 10.3 Å². The van der Waals surface area contributed by atoms with Gasteiger partial charge in [-0.2, -0.15) is 0 Å². The number of carbonyl (C=O) groups excluding carboxylic acids is 1. The molecule has 0 saturated carbocycles. The summed E-state index contributed by atoms with van der Waals surface area (Å²) in [6, 6.07) is 7.26. The topological polar surface area (TPSA) is 98.3 Å². The first-order valence-electron chi connectivity index (χ1n) is 11.9. The Morgan fingerprint density at radius 3 is 2.71 bits per heavy atom. The van der Waals surface area contributed by atoms with Crippen LogP contribution >= 0.6 is 0 Å². The number of hydrogen-bond donors (Lipinski definition) is 3. The molecule has 2 aliphatic rings. The highest BCUT2D eigenvalue weighted by Gasteiger charge is 2.35. The number of nitrogens with one attached hydrogen (secondary N) is 2. The molecule has 1 atom stereocenters. The monoisotopic (exact) mass is 482 g/mol. The zero-order valence-corrected chi connectivity index (χ0v) is 20.2. The zero-order chi connectivity index (χ0) is 25.2. The van der Waals surface area contributed by atoms with E-state index < -0.39 is 17.2 Å². The molecule has 9 heteroatoms. The lowest BCUT2D eigenvalue weighted by Gasteiger charge is -2.42. The number of nitrogens with two attached hydrogens (primary N) is 1. The molecule has 1 unspecified atom stereocenters. The van der Waals surface area contributed by atoms with Gasteiger partial charge in [0, 0.05) is 60.3 Å². The molecule has 4 rings (SSSR count). The van der Waals surface area contributed by atoms with Crippen molar-refractivity contribution in [1.29, 1.82) is 5.41 Å². The third-order valence-electron chi connectivity index (χ3n) is 6.79. The van der Waals surface area contributed by atoms with E-state index in [4.69, 9.17) is 11.1 Å². The van der Waals surface area contributed by atoms with Crippen molar-refractivity contribution in [2.45, 2.75) is 45.2 Å². The molecule has 3 heterocycles. The Hall–Kier alpha value is -3.33. The molecule has 2 amide bonds. The lowest BCUT2D eigenvalue weighted by Crippen LogP contribution is -2.59. The second kappa shape index (κ2) is 10.1. The van der Waals surface area contributed by atoms with Gasteiger partial charge < -0.3 is 16.0 Å². The molecule has 1 aromatic carbocycles. The Bertz CT molecular complexity index is 1150. The van der Waals surface area contributed by atoms with Gasteiger partial charge in [-0.25, -0.2) is 13.6 Å². The lowest BCUT2D eigenvalue weighted by molar-refractivity contribution is 0.119. The van der Waals surface area contributed by atoms with Crippen LogP contribution in [0.5, 0.6) is 0 Å². The summed E-state index contributed by atoms with van der Waals surface area (Å²) in [5, 5.41) is 11.8. The Morgan fingerprint density at radius 1 is 1.26 bits per heavy atom. The van der Waals surface area contributed by atoms with E-state index in [9.17, 15) is 13.6 Å². The Labute approximate surface area is 204 Å². The lowest BCUT2D eigenvalue weighted by atomic mass is 9.90. The van der Waals surface area contributed by atoms with Gasteiger partial charge in [-0.3, -0.25) is 15.3 Å². The maximum absolute atomic E-state index is 14.2. The summed E-state index contributed by atoms with van der Waals surface area (Å²) in [7, 11) is 0. The molecule has 1 aromatic heterocycles. The average Bonchev–Trinajstić information content (AvgIpc) is 2.81. The number of aryl methyl sites for hydroxylation is 1. The minimum absolute atomic E-state index is 0.0502. The van der Waals surface area contributed by atoms with Crippen molar-refractivity contribution in [2.75, 3.05) is 26.2 Å². The molecule has 0 aliphatic carbocycles. The first kappa shape index (κ1) is 24.8. The summed E-state index contributed by atoms with van der Waals surface area (Å²) in [4.78, 5) is 21.1. The van der Waals surface area contributed by atoms with Gasteiger partial charge in [0.15, 0.2) is 0 Å². The van der Waals surface area contributed by atoms with Crippen LogP contribution in [-0.4, -0.2) is 58.2 Å². The molecule has 0 bridgehead atoms. The van der Waals surface area contributed by atoms with E-state index in [1.807, 2.05) is 24.8 Å². The van der Waals surface area contributed by atoms with E-state index in [0.29, 0.717) is 48.6 Å². The van der Waals surface area contributed by atoms with Crippen LogP contribution in [0, 0.1) is 24.0 Å². The molecule has 1 saturated heterocycles. The maximum Gasteiger partial charge on any atom is 0.318 e. The van der Waals surface area contributed by atoms with E-state index in [1.54, 1.807) is 17.2 Å². The highest BCUT2D eigenvalue weighted by Crippen LogP contribution is 2.25. The summed E-state index contributed by atoms with van der Waals surface area (Å²) in [5.74, 6) is -1.11. The minimum Gasteiger partial charge on any atom is -0.402 e. The number of pyridine rings is 1. The first-order valence-corrected chi connectivity index (χ1v) is 11.9. The van der Waals surface area contributed by atoms with Crippen molar-refractivity contribution in [2.24, 2.45) is 5.73 Å². The van der Waals surface area contributed by atoms with Crippen LogP contribution in [0.25, 0.3) is 0 Å². The van der Waals surface area contributed by atoms with Crippen molar-refractivity contribution < 1.29 is 13.6 Å². The fourth-order valence-corrected chi connectivity index (χ4v) is 4.89. The number of aromatic nitrogens is 1. The highest BCUT2D eigenvalue weighted by atomic mass is 19.1. The second-order valence-electron chi connectivity index (χ2n) is 9.74. The SMILES string of the molecule is Cc1cc(C(=N)C2=C(N)CCN(C(=O)NC3(C)CCCN(Cc4c(F)cccc4F)C3)C2)ccn1. The fourth-order valence-electron chi connectivity index (χ4n) is 4.89. The van der Waals surface area contributed by atoms with Gasteiger partial charge in [-0.1, -0.05) is 6.07 Å². The Kier molecular flexibility index (Phi) is 7.16. The van der Waals surface area contributed by atoms with Gasteiger partial charge in [-0.05, 0) is 57.5 Å². The third-order valence-corrected chi connectivity index (χ3v) is 6.79. The van der Waals surface area contributed by atoms with Crippen molar-refractivity contribution in [1.82, 2.24) is 20.1 Å². The van der Waals surface area contributed by atoms with Crippen molar-refractivity contribution in [3.63, 3.8) is 0 Å². The van der Waals surface area contributed by atoms with Crippen LogP contribution in [-0.2, 0) is 6.54 Å². The molecule has 35 heavy (non-hydrogen) atoms. The Balaban J connectivity index is 1.42. The van der Waals surface area contributed by atoms with Crippen LogP contribution in [0.2, 0.25) is 0 Å². The summed E-state index contributed by atoms with van der Waals surface area (Å²) < 4.78 is 28.3. The highest BCUT2D eigenvalue weighted by molar-refractivity contribution is 6.11. The molecule has 2 aromatic rings. The number of carbonyl (C=O) groups is 1. The number of hydrogen-bond acceptors (Lipinski definition) is 5. The molecule has 2 aliphatic heterocycles. The second-order valence-corrected chi connectivity index (χ2v) is 9.74. The minimum atomic E-state index is -0.557. The largest absolute Gasteiger partial charge is 0.402 e. The molecule has 4 N–H and O–H groups in total. The van der Waals surface area contributed by atoms with Crippen molar-refractivity contribution >= 4 is 11.7 Å². The number of rotatable bonds is 5. The standard InChI is InChI=1S/C26H32F2N6O/c1-17-13-18(7-10-31-17)24(30)20-15-34(12-8-23(20)29)25(35)32-26(2)9-4-11-33(16-26)14-19-21(27)5-3-6-22(19)28/h3,5-7,10,13,30H,4,8-9,11-12,14-16,29H2,1-2H3,(H,32,35). The third kappa shape index (κ3) is 5.67. The van der Waals surface area contributed by atoms with E-state index in [1.165, 1.54) is 18.2 Å². The predicted octanol–water partition coefficient (Wildman–Crippen LogP) is 3.72. The van der Waals surface area contributed by atoms with E-state index >= 15 is 0 Å². The number of likely N-dealkylation sites (tertiary alicyclic amines) is 1. The maximum atomic E-state index is 14.2. The normalized spacial score (nSPS) is 21.2. The van der Waals surface area contributed by atoms with Gasteiger partial charge in [0.2, 0.25) is 0 Å². The molecule has 0 radical (unpaired) electrons. The summed E-state index contributed by atoms with van der Waals surface area (Å²) in [5.41, 5.74) is 8.83. The van der Waals surface area contributed by atoms with Crippen LogP contribution < -0.4 is 11.1 Å². The van der Waals surface area contributed by atoms with Gasteiger partial charge >= 0.3 is 6.03 Å². The van der Waals surface area contributed by atoms with Crippen LogP contribution in [0.1, 0.15) is 43.0 Å². The molecule has 0 spiro atoms. The number of piperidine rings is 1. The van der Waals surface area contributed by atoms with Gasteiger partial charge in [0.25, 0.3) is 0 Å². The number of urea groups is 1. The van der Waals surface area contributed by atoms with E-state index in [0.717, 1.165) is 18.5 Å². The molecule has 1 fully saturated rings. The van der Waals surface area contributed by atoms with Crippen LogP contribution in [0.4, 0.5) is 13.6 Å². The molecular formula is C26H32F2N6O. The Morgan fingerprint density at radius 2 is 2.00 bits per heavy atom. The zero-order valence-electron chi connectivity index (χ0n) is 20.2. The summed E-state index contributed by atoms with van der Waals surface area (Å²) in [6.07, 6.45) is 3.72. The fraction of sp³-hybridized carbons (Fsp3) is 0.423. The smallest absolute Gasteiger partial charge is 0.318 e. The van der Waals surface area contributed by atoms with Gasteiger partial charge in [0.05, 0.1) is 17.8 Å². The van der Waals surface area contributed by atoms with E-state index in [-0.39, 0.29) is 24.7 Å². The molecule has 7 nitrogen and oxygen atoms in total. The van der Waals surface area contributed by atoms with Gasteiger partial charge in [-0.15, -0.1) is 0 Å². The number of amides is 2. The van der Waals surface area contributed by atoms with Crippen LogP contribution in [0.15, 0.2) is 47.8 Å². The number of nitrogens with zero attached hydrogens (tertiary/aromatic N) is 3.